The van der Waals surface area contributed by atoms with Crippen LogP contribution in [-0.2, 0) is 10.8 Å². The molecule has 3 unspecified atom stereocenters. The Bertz CT molecular complexity index is 173. The van der Waals surface area contributed by atoms with Crippen molar-refractivity contribution in [3.8, 4) is 0 Å². The second kappa shape index (κ2) is 9.34. The Kier molecular flexibility index (Phi) is 9.41. The molecule has 0 bridgehead atoms. The summed E-state index contributed by atoms with van der Waals surface area (Å²) in [5.41, 5.74) is 5.80. The topological polar surface area (TPSA) is 43.1 Å². The molecule has 92 valence electrons. The normalized spacial score (nSPS) is 17.3. The average Bonchev–Trinajstić information content (AvgIpc) is 2.23. The lowest BCUT2D eigenvalue weighted by Crippen LogP contribution is -2.28. The molecular weight excluding hydrogens is 206 g/mol. The molecule has 3 heteroatoms. The molecule has 0 amide bonds. The molecule has 0 saturated heterocycles. The molecule has 0 spiro atoms. The standard InChI is InChI=1S/C12H27NOS/c1-4-7-8-11(5-2)9-15(14)10-12(13)6-3/h11-12H,4-10,13H2,1-3H3. The molecule has 15 heavy (non-hydrogen) atoms. The van der Waals surface area contributed by atoms with Crippen molar-refractivity contribution < 1.29 is 4.21 Å². The minimum Gasteiger partial charge on any atom is -0.327 e. The van der Waals surface area contributed by atoms with Gasteiger partial charge >= 0.3 is 0 Å². The maximum Gasteiger partial charge on any atom is 0.0386 e. The second-order valence-corrected chi connectivity index (χ2v) is 5.90. The van der Waals surface area contributed by atoms with E-state index < -0.39 is 10.8 Å². The molecule has 2 nitrogen and oxygen atoms in total. The van der Waals surface area contributed by atoms with Crippen molar-refractivity contribution >= 4 is 10.8 Å². The molecule has 0 aliphatic carbocycles. The third kappa shape index (κ3) is 7.97. The molecular formula is C12H27NOS. The van der Waals surface area contributed by atoms with Crippen molar-refractivity contribution in [3.05, 3.63) is 0 Å². The smallest absolute Gasteiger partial charge is 0.0386 e. The first kappa shape index (κ1) is 15.1. The Hall–Kier alpha value is 0.110. The van der Waals surface area contributed by atoms with E-state index in [0.29, 0.717) is 11.7 Å². The quantitative estimate of drug-likeness (QED) is 0.665. The van der Waals surface area contributed by atoms with Gasteiger partial charge < -0.3 is 5.73 Å². The number of hydrogen-bond acceptors (Lipinski definition) is 2. The van der Waals surface area contributed by atoms with E-state index in [1.165, 1.54) is 19.3 Å². The molecule has 0 aliphatic heterocycles. The Balaban J connectivity index is 3.79. The van der Waals surface area contributed by atoms with Gasteiger partial charge in [-0.05, 0) is 18.8 Å². The SMILES string of the molecule is CCCCC(CC)CS(=O)CC(N)CC. The first-order valence-corrected chi connectivity index (χ1v) is 7.73. The molecule has 0 aromatic heterocycles. The number of rotatable bonds is 9. The summed E-state index contributed by atoms with van der Waals surface area (Å²) in [6.07, 6.45) is 5.79. The summed E-state index contributed by atoms with van der Waals surface area (Å²) < 4.78 is 11.8. The summed E-state index contributed by atoms with van der Waals surface area (Å²) in [6, 6.07) is 0.120. The molecule has 3 atom stereocenters. The molecule has 0 saturated carbocycles. The first-order valence-electron chi connectivity index (χ1n) is 6.24. The predicted molar refractivity (Wildman–Crippen MR) is 69.4 cm³/mol. The maximum absolute atomic E-state index is 11.8. The summed E-state index contributed by atoms with van der Waals surface area (Å²) >= 11 is 0. The third-order valence-corrected chi connectivity index (χ3v) is 4.53. The van der Waals surface area contributed by atoms with Crippen LogP contribution in [0, 0.1) is 5.92 Å². The van der Waals surface area contributed by atoms with E-state index in [4.69, 9.17) is 5.73 Å². The Morgan fingerprint density at radius 1 is 1.13 bits per heavy atom. The second-order valence-electron chi connectivity index (χ2n) is 4.36. The fourth-order valence-corrected chi connectivity index (χ4v) is 3.36. The van der Waals surface area contributed by atoms with E-state index >= 15 is 0 Å². The van der Waals surface area contributed by atoms with E-state index in [1.807, 2.05) is 0 Å². The lowest BCUT2D eigenvalue weighted by molar-refractivity contribution is 0.493. The number of nitrogens with two attached hydrogens (primary N) is 1. The van der Waals surface area contributed by atoms with E-state index in [-0.39, 0.29) is 6.04 Å². The van der Waals surface area contributed by atoms with Crippen LogP contribution in [-0.4, -0.2) is 21.8 Å². The van der Waals surface area contributed by atoms with Crippen molar-refractivity contribution in [1.82, 2.24) is 0 Å². The monoisotopic (exact) mass is 233 g/mol. The minimum atomic E-state index is -0.708. The summed E-state index contributed by atoms with van der Waals surface area (Å²) in [5, 5.41) is 0. The first-order chi connectivity index (χ1) is 7.13. The predicted octanol–water partition coefficient (Wildman–Crippen LogP) is 2.69. The van der Waals surface area contributed by atoms with Gasteiger partial charge in [-0.25, -0.2) is 0 Å². The van der Waals surface area contributed by atoms with Crippen molar-refractivity contribution in [2.24, 2.45) is 11.7 Å². The highest BCUT2D eigenvalue weighted by Gasteiger charge is 2.12. The van der Waals surface area contributed by atoms with Gasteiger partial charge in [0.25, 0.3) is 0 Å². The van der Waals surface area contributed by atoms with Gasteiger partial charge in [-0.15, -0.1) is 0 Å². The number of hydrogen-bond donors (Lipinski definition) is 1. The van der Waals surface area contributed by atoms with Crippen molar-refractivity contribution in [2.45, 2.75) is 58.9 Å². The van der Waals surface area contributed by atoms with Gasteiger partial charge in [0, 0.05) is 28.3 Å². The van der Waals surface area contributed by atoms with E-state index in [1.54, 1.807) is 0 Å². The Morgan fingerprint density at radius 3 is 2.27 bits per heavy atom. The zero-order valence-corrected chi connectivity index (χ0v) is 11.3. The van der Waals surface area contributed by atoms with Crippen LogP contribution in [0.1, 0.15) is 52.9 Å². The van der Waals surface area contributed by atoms with E-state index in [0.717, 1.165) is 18.6 Å². The van der Waals surface area contributed by atoms with Gasteiger partial charge in [0.05, 0.1) is 0 Å². The zero-order valence-electron chi connectivity index (χ0n) is 10.5. The van der Waals surface area contributed by atoms with Crippen LogP contribution in [0.2, 0.25) is 0 Å². The molecule has 0 aromatic rings. The van der Waals surface area contributed by atoms with Crippen LogP contribution in [0.5, 0.6) is 0 Å². The highest BCUT2D eigenvalue weighted by atomic mass is 32.2. The third-order valence-electron chi connectivity index (χ3n) is 2.89. The fourth-order valence-electron chi connectivity index (χ4n) is 1.59. The maximum atomic E-state index is 11.8. The molecule has 0 aromatic carbocycles. The largest absolute Gasteiger partial charge is 0.327 e. The summed E-state index contributed by atoms with van der Waals surface area (Å²) in [4.78, 5) is 0. The molecule has 0 rings (SSSR count). The van der Waals surface area contributed by atoms with Gasteiger partial charge in [0.1, 0.15) is 0 Å². The molecule has 2 N–H and O–H groups in total. The van der Waals surface area contributed by atoms with Crippen molar-refractivity contribution in [2.75, 3.05) is 11.5 Å². The van der Waals surface area contributed by atoms with Gasteiger partial charge in [0.15, 0.2) is 0 Å². The van der Waals surface area contributed by atoms with Crippen LogP contribution in [0.15, 0.2) is 0 Å². The fraction of sp³-hybridized carbons (Fsp3) is 1.00. The highest BCUT2D eigenvalue weighted by molar-refractivity contribution is 7.85. The Morgan fingerprint density at radius 2 is 1.80 bits per heavy atom. The van der Waals surface area contributed by atoms with Crippen molar-refractivity contribution in [3.63, 3.8) is 0 Å². The Labute approximate surface area is 97.5 Å². The van der Waals surface area contributed by atoms with Gasteiger partial charge in [0.2, 0.25) is 0 Å². The van der Waals surface area contributed by atoms with E-state index in [2.05, 4.69) is 20.8 Å². The van der Waals surface area contributed by atoms with Crippen LogP contribution < -0.4 is 5.73 Å². The van der Waals surface area contributed by atoms with Gasteiger partial charge in [-0.3, -0.25) is 4.21 Å². The molecule has 0 aliphatic rings. The number of unbranched alkanes of at least 4 members (excludes halogenated alkanes) is 1. The van der Waals surface area contributed by atoms with Crippen LogP contribution >= 0.6 is 0 Å². The molecule has 0 fully saturated rings. The van der Waals surface area contributed by atoms with E-state index in [9.17, 15) is 4.21 Å². The molecule has 0 radical (unpaired) electrons. The van der Waals surface area contributed by atoms with Crippen LogP contribution in [0.25, 0.3) is 0 Å². The zero-order chi connectivity index (χ0) is 11.7. The average molecular weight is 233 g/mol. The van der Waals surface area contributed by atoms with Gasteiger partial charge in [-0.2, -0.15) is 0 Å². The minimum absolute atomic E-state index is 0.120. The summed E-state index contributed by atoms with van der Waals surface area (Å²) in [7, 11) is -0.708. The van der Waals surface area contributed by atoms with Crippen molar-refractivity contribution in [1.29, 1.82) is 0 Å². The summed E-state index contributed by atoms with van der Waals surface area (Å²) in [5.74, 6) is 2.17. The lowest BCUT2D eigenvalue weighted by atomic mass is 10.0. The van der Waals surface area contributed by atoms with Crippen LogP contribution in [0.3, 0.4) is 0 Å². The lowest BCUT2D eigenvalue weighted by Gasteiger charge is -2.15. The summed E-state index contributed by atoms with van der Waals surface area (Å²) in [6.45, 7) is 6.45. The molecule has 0 heterocycles. The van der Waals surface area contributed by atoms with Crippen LogP contribution in [0.4, 0.5) is 0 Å². The van der Waals surface area contributed by atoms with Gasteiger partial charge in [-0.1, -0.05) is 40.0 Å². The highest BCUT2D eigenvalue weighted by Crippen LogP contribution is 2.14.